The van der Waals surface area contributed by atoms with Gasteiger partial charge in [0.25, 0.3) is 6.43 Å². The summed E-state index contributed by atoms with van der Waals surface area (Å²) in [5.41, 5.74) is -1.60. The molecule has 0 unspecified atom stereocenters. The number of carbonyl (C=O) groups excluding carboxylic acids is 1. The highest BCUT2D eigenvalue weighted by Crippen LogP contribution is 2.27. The van der Waals surface area contributed by atoms with E-state index in [2.05, 4.69) is 14.5 Å². The van der Waals surface area contributed by atoms with Gasteiger partial charge in [0.15, 0.2) is 5.69 Å². The number of hydrogen-bond donors (Lipinski definition) is 0. The second-order valence-electron chi connectivity index (χ2n) is 2.88. The van der Waals surface area contributed by atoms with Crippen LogP contribution in [0.15, 0.2) is 6.07 Å². The Bertz CT molecular complexity index is 483. The Morgan fingerprint density at radius 3 is 2.59 bits per heavy atom. The number of ether oxygens (including phenoxy) is 2. The molecule has 0 radical (unpaired) electrons. The molecule has 0 amide bonds. The summed E-state index contributed by atoms with van der Waals surface area (Å²) in [5, 5.41) is 8.78. The van der Waals surface area contributed by atoms with Crippen LogP contribution < -0.4 is 4.74 Å². The van der Waals surface area contributed by atoms with Crippen molar-refractivity contribution in [1.29, 1.82) is 5.26 Å². The molecule has 90 valence electrons. The molecule has 0 aliphatic rings. The molecule has 0 saturated heterocycles. The van der Waals surface area contributed by atoms with Gasteiger partial charge in [-0.25, -0.2) is 18.6 Å². The maximum absolute atomic E-state index is 12.7. The average molecular weight is 242 g/mol. The maximum atomic E-state index is 12.7. The molecule has 0 saturated carbocycles. The summed E-state index contributed by atoms with van der Waals surface area (Å²) >= 11 is 0. The molecule has 1 rings (SSSR count). The summed E-state index contributed by atoms with van der Waals surface area (Å²) < 4.78 is 34.4. The zero-order valence-corrected chi connectivity index (χ0v) is 9.03. The van der Waals surface area contributed by atoms with Crippen LogP contribution in [0.2, 0.25) is 0 Å². The first-order valence-corrected chi connectivity index (χ1v) is 4.40. The van der Waals surface area contributed by atoms with Crippen molar-refractivity contribution >= 4 is 5.97 Å². The van der Waals surface area contributed by atoms with Crippen molar-refractivity contribution in [2.24, 2.45) is 0 Å². The predicted octanol–water partition coefficient (Wildman–Crippen LogP) is 1.69. The molecule has 1 aromatic heterocycles. The number of esters is 1. The highest BCUT2D eigenvalue weighted by Gasteiger charge is 2.24. The number of halogens is 2. The highest BCUT2D eigenvalue weighted by atomic mass is 19.3. The third-order valence-electron chi connectivity index (χ3n) is 1.96. The first-order valence-electron chi connectivity index (χ1n) is 4.40. The Balaban J connectivity index is 3.52. The van der Waals surface area contributed by atoms with Gasteiger partial charge in [-0.1, -0.05) is 0 Å². The molecule has 7 heteroatoms. The van der Waals surface area contributed by atoms with Gasteiger partial charge in [-0.05, 0) is 0 Å². The first kappa shape index (κ1) is 12.8. The lowest BCUT2D eigenvalue weighted by Crippen LogP contribution is -2.11. The van der Waals surface area contributed by atoms with Gasteiger partial charge in [0.05, 0.1) is 19.8 Å². The van der Waals surface area contributed by atoms with Crippen LogP contribution in [0.3, 0.4) is 0 Å². The summed E-state index contributed by atoms with van der Waals surface area (Å²) in [7, 11) is 2.28. The standard InChI is InChI=1S/C10H8F2N2O3/c1-16-7-3-5(9(11)12)6(4-13)8(14-7)10(15)17-2/h3,9H,1-2H3. The molecular formula is C10H8F2N2O3. The second kappa shape index (κ2) is 5.21. The molecule has 0 aliphatic carbocycles. The Morgan fingerprint density at radius 2 is 2.18 bits per heavy atom. The third kappa shape index (κ3) is 2.47. The van der Waals surface area contributed by atoms with Crippen molar-refractivity contribution in [2.45, 2.75) is 6.43 Å². The fourth-order valence-corrected chi connectivity index (χ4v) is 1.18. The van der Waals surface area contributed by atoms with E-state index in [1.807, 2.05) is 0 Å². The van der Waals surface area contributed by atoms with Crippen molar-refractivity contribution in [2.75, 3.05) is 14.2 Å². The van der Waals surface area contributed by atoms with Crippen LogP contribution in [0, 0.1) is 11.3 Å². The molecule has 17 heavy (non-hydrogen) atoms. The summed E-state index contributed by atoms with van der Waals surface area (Å²) in [6, 6.07) is 2.43. The molecule has 0 N–H and O–H groups in total. The lowest BCUT2D eigenvalue weighted by molar-refractivity contribution is 0.0592. The van der Waals surface area contributed by atoms with E-state index in [9.17, 15) is 13.6 Å². The molecule has 0 bridgehead atoms. The predicted molar refractivity (Wildman–Crippen MR) is 51.8 cm³/mol. The molecule has 0 spiro atoms. The lowest BCUT2D eigenvalue weighted by Gasteiger charge is -2.09. The highest BCUT2D eigenvalue weighted by molar-refractivity contribution is 5.90. The monoisotopic (exact) mass is 242 g/mol. The summed E-state index contributed by atoms with van der Waals surface area (Å²) in [6.07, 6.45) is -2.91. The van der Waals surface area contributed by atoms with E-state index in [0.717, 1.165) is 13.2 Å². The smallest absolute Gasteiger partial charge is 0.358 e. The number of aromatic nitrogens is 1. The van der Waals surface area contributed by atoms with Crippen LogP contribution >= 0.6 is 0 Å². The van der Waals surface area contributed by atoms with Crippen LogP contribution in [0.5, 0.6) is 5.88 Å². The van der Waals surface area contributed by atoms with Crippen molar-refractivity contribution in [3.05, 3.63) is 22.9 Å². The molecular weight excluding hydrogens is 234 g/mol. The molecule has 1 heterocycles. The SMILES string of the molecule is COC(=O)c1nc(OC)cc(C(F)F)c1C#N. The van der Waals surface area contributed by atoms with Crippen molar-refractivity contribution in [1.82, 2.24) is 4.98 Å². The van der Waals surface area contributed by atoms with E-state index in [4.69, 9.17) is 5.26 Å². The maximum Gasteiger partial charge on any atom is 0.358 e. The number of hydrogen-bond acceptors (Lipinski definition) is 5. The number of methoxy groups -OCH3 is 2. The third-order valence-corrected chi connectivity index (χ3v) is 1.96. The minimum absolute atomic E-state index is 0.181. The van der Waals surface area contributed by atoms with Crippen LogP contribution in [0.4, 0.5) is 8.78 Å². The number of alkyl halides is 2. The zero-order valence-electron chi connectivity index (χ0n) is 9.03. The summed E-state index contributed by atoms with van der Waals surface area (Å²) in [5.74, 6) is -1.15. The van der Waals surface area contributed by atoms with Gasteiger partial charge >= 0.3 is 5.97 Å². The van der Waals surface area contributed by atoms with Crippen LogP contribution in [-0.2, 0) is 4.74 Å². The van der Waals surface area contributed by atoms with Crippen LogP contribution in [0.25, 0.3) is 0 Å². The van der Waals surface area contributed by atoms with Gasteiger partial charge in [-0.2, -0.15) is 5.26 Å². The number of carbonyl (C=O) groups is 1. The van der Waals surface area contributed by atoms with Crippen molar-refractivity contribution in [3.63, 3.8) is 0 Å². The van der Waals surface area contributed by atoms with Gasteiger partial charge < -0.3 is 9.47 Å². The van der Waals surface area contributed by atoms with Gasteiger partial charge in [0, 0.05) is 11.6 Å². The van der Waals surface area contributed by atoms with Crippen LogP contribution in [0.1, 0.15) is 28.0 Å². The van der Waals surface area contributed by atoms with Gasteiger partial charge in [-0.3, -0.25) is 0 Å². The van der Waals surface area contributed by atoms with E-state index >= 15 is 0 Å². The lowest BCUT2D eigenvalue weighted by atomic mass is 10.1. The van der Waals surface area contributed by atoms with E-state index in [1.165, 1.54) is 13.2 Å². The molecule has 0 aliphatic heterocycles. The van der Waals surface area contributed by atoms with Crippen molar-refractivity contribution < 1.29 is 23.0 Å². The number of pyridine rings is 1. The van der Waals surface area contributed by atoms with Gasteiger partial charge in [0.2, 0.25) is 5.88 Å². The zero-order chi connectivity index (χ0) is 13.0. The van der Waals surface area contributed by atoms with Crippen molar-refractivity contribution in [3.8, 4) is 11.9 Å². The summed E-state index contributed by atoms with van der Waals surface area (Å²) in [6.45, 7) is 0. The molecule has 0 aromatic carbocycles. The van der Waals surface area contributed by atoms with Gasteiger partial charge in [-0.15, -0.1) is 0 Å². The quantitative estimate of drug-likeness (QED) is 0.754. The Labute approximate surface area is 95.6 Å². The Morgan fingerprint density at radius 1 is 1.53 bits per heavy atom. The molecule has 1 aromatic rings. The van der Waals surface area contributed by atoms with E-state index in [-0.39, 0.29) is 5.88 Å². The van der Waals surface area contributed by atoms with Gasteiger partial charge in [0.1, 0.15) is 6.07 Å². The fourth-order valence-electron chi connectivity index (χ4n) is 1.18. The number of nitrogens with zero attached hydrogens (tertiary/aromatic N) is 2. The van der Waals surface area contributed by atoms with Crippen LogP contribution in [-0.4, -0.2) is 25.2 Å². The minimum Gasteiger partial charge on any atom is -0.481 e. The largest absolute Gasteiger partial charge is 0.481 e. The second-order valence-corrected chi connectivity index (χ2v) is 2.88. The van der Waals surface area contributed by atoms with E-state index < -0.39 is 29.2 Å². The van der Waals surface area contributed by atoms with E-state index in [0.29, 0.717) is 0 Å². The fraction of sp³-hybridized carbons (Fsp3) is 0.300. The van der Waals surface area contributed by atoms with E-state index in [1.54, 1.807) is 0 Å². The number of nitriles is 1. The molecule has 0 atom stereocenters. The topological polar surface area (TPSA) is 72.2 Å². The Kier molecular flexibility index (Phi) is 3.93. The minimum atomic E-state index is -2.91. The average Bonchev–Trinajstić information content (AvgIpc) is 2.35. The Hall–Kier alpha value is -2.23. The molecule has 5 nitrogen and oxygen atoms in total. The summed E-state index contributed by atoms with van der Waals surface area (Å²) in [4.78, 5) is 14.9. The molecule has 0 fully saturated rings. The number of rotatable bonds is 3. The first-order chi connectivity index (χ1) is 8.04. The normalized spacial score (nSPS) is 9.88.